The molecule has 0 saturated heterocycles. The van der Waals surface area contributed by atoms with Gasteiger partial charge in [-0.2, -0.15) is 0 Å². The molecule has 0 aliphatic heterocycles. The van der Waals surface area contributed by atoms with Crippen LogP contribution in [0.15, 0.2) is 18.2 Å². The van der Waals surface area contributed by atoms with E-state index < -0.39 is 0 Å². The number of rotatable bonds is 3. The highest BCUT2D eigenvalue weighted by Gasteiger charge is 2.46. The first kappa shape index (κ1) is 10.7. The number of aromatic nitrogens is 2. The van der Waals surface area contributed by atoms with E-state index in [2.05, 4.69) is 16.5 Å². The van der Waals surface area contributed by atoms with Gasteiger partial charge in [0.2, 0.25) is 0 Å². The van der Waals surface area contributed by atoms with Crippen molar-refractivity contribution >= 4 is 11.0 Å². The highest BCUT2D eigenvalue weighted by atomic mass is 19.1. The molecule has 1 aromatic heterocycles. The van der Waals surface area contributed by atoms with E-state index >= 15 is 0 Å². The summed E-state index contributed by atoms with van der Waals surface area (Å²) in [5.41, 5.74) is 7.64. The molecule has 0 unspecified atom stereocenters. The van der Waals surface area contributed by atoms with Gasteiger partial charge < -0.3 is 10.3 Å². The second-order valence-corrected chi connectivity index (χ2v) is 4.80. The van der Waals surface area contributed by atoms with Crippen molar-refractivity contribution in [1.29, 1.82) is 0 Å². The van der Waals surface area contributed by atoms with Gasteiger partial charge in [-0.3, -0.25) is 0 Å². The Labute approximate surface area is 99.4 Å². The van der Waals surface area contributed by atoms with Crippen molar-refractivity contribution in [1.82, 2.24) is 9.55 Å². The fraction of sp³-hybridized carbons (Fsp3) is 0.462. The molecule has 3 rings (SSSR count). The number of nitrogens with zero attached hydrogens (tertiary/aromatic N) is 2. The number of hydrogen-bond donors (Lipinski definition) is 1. The Kier molecular flexibility index (Phi) is 2.23. The van der Waals surface area contributed by atoms with Gasteiger partial charge in [-0.05, 0) is 38.0 Å². The molecule has 1 aromatic carbocycles. The van der Waals surface area contributed by atoms with Crippen molar-refractivity contribution < 1.29 is 4.39 Å². The summed E-state index contributed by atoms with van der Waals surface area (Å²) < 4.78 is 15.4. The first-order chi connectivity index (χ1) is 8.20. The van der Waals surface area contributed by atoms with Crippen LogP contribution in [0, 0.1) is 5.82 Å². The predicted molar refractivity (Wildman–Crippen MR) is 65.3 cm³/mol. The number of nitrogens with two attached hydrogens (primary N) is 1. The molecule has 4 heteroatoms. The van der Waals surface area contributed by atoms with E-state index in [1.807, 2.05) is 0 Å². The molecule has 1 aliphatic rings. The van der Waals surface area contributed by atoms with Crippen LogP contribution in [0.5, 0.6) is 0 Å². The molecule has 17 heavy (non-hydrogen) atoms. The minimum Gasteiger partial charge on any atom is -0.329 e. The summed E-state index contributed by atoms with van der Waals surface area (Å²) in [6.45, 7) is 3.48. The van der Waals surface area contributed by atoms with Gasteiger partial charge in [-0.1, -0.05) is 0 Å². The first-order valence-corrected chi connectivity index (χ1v) is 6.06. The van der Waals surface area contributed by atoms with Gasteiger partial charge in [0, 0.05) is 18.5 Å². The Hall–Kier alpha value is -1.42. The third-order valence-corrected chi connectivity index (χ3v) is 3.75. The van der Waals surface area contributed by atoms with Crippen LogP contribution < -0.4 is 5.73 Å². The molecule has 90 valence electrons. The zero-order valence-electron chi connectivity index (χ0n) is 9.91. The summed E-state index contributed by atoms with van der Waals surface area (Å²) >= 11 is 0. The monoisotopic (exact) mass is 233 g/mol. The second kappa shape index (κ2) is 3.53. The van der Waals surface area contributed by atoms with Gasteiger partial charge in [0.25, 0.3) is 0 Å². The number of benzene rings is 1. The van der Waals surface area contributed by atoms with Gasteiger partial charge in [-0.15, -0.1) is 0 Å². The summed E-state index contributed by atoms with van der Waals surface area (Å²) in [5.74, 6) is 0.819. The van der Waals surface area contributed by atoms with E-state index in [0.29, 0.717) is 6.54 Å². The summed E-state index contributed by atoms with van der Waals surface area (Å²) in [6.07, 6.45) is 2.19. The summed E-state index contributed by atoms with van der Waals surface area (Å²) in [6, 6.07) is 4.76. The van der Waals surface area contributed by atoms with Crippen molar-refractivity contribution in [2.24, 2.45) is 5.73 Å². The van der Waals surface area contributed by atoms with Crippen LogP contribution in [-0.2, 0) is 12.0 Å². The largest absolute Gasteiger partial charge is 0.329 e. The van der Waals surface area contributed by atoms with Crippen molar-refractivity contribution in [3.05, 3.63) is 29.8 Å². The lowest BCUT2D eigenvalue weighted by Gasteiger charge is -2.13. The molecule has 0 amide bonds. The van der Waals surface area contributed by atoms with Gasteiger partial charge in [-0.25, -0.2) is 9.37 Å². The van der Waals surface area contributed by atoms with Gasteiger partial charge in [0.05, 0.1) is 11.0 Å². The average molecular weight is 233 g/mol. The predicted octanol–water partition coefficient (Wildman–Crippen LogP) is 2.19. The molecule has 0 bridgehead atoms. The maximum Gasteiger partial charge on any atom is 0.125 e. The van der Waals surface area contributed by atoms with Crippen LogP contribution in [0.4, 0.5) is 4.39 Å². The van der Waals surface area contributed by atoms with Crippen LogP contribution >= 0.6 is 0 Å². The molecule has 2 aromatic rings. The smallest absolute Gasteiger partial charge is 0.125 e. The minimum absolute atomic E-state index is 0.0471. The zero-order chi connectivity index (χ0) is 12.0. The number of fused-ring (bicyclic) bond motifs is 1. The molecule has 2 N–H and O–H groups in total. The Morgan fingerprint density at radius 1 is 1.47 bits per heavy atom. The molecular formula is C13H16FN3. The minimum atomic E-state index is -0.212. The first-order valence-electron chi connectivity index (χ1n) is 6.06. The third kappa shape index (κ3) is 1.47. The quantitative estimate of drug-likeness (QED) is 0.883. The van der Waals surface area contributed by atoms with E-state index in [-0.39, 0.29) is 11.2 Å². The number of imidazole rings is 1. The molecule has 0 radical (unpaired) electrons. The molecule has 1 fully saturated rings. The Morgan fingerprint density at radius 3 is 2.82 bits per heavy atom. The van der Waals surface area contributed by atoms with Crippen molar-refractivity contribution in [3.63, 3.8) is 0 Å². The van der Waals surface area contributed by atoms with Crippen LogP contribution in [-0.4, -0.2) is 16.1 Å². The van der Waals surface area contributed by atoms with Crippen LogP contribution in [0.1, 0.15) is 25.6 Å². The zero-order valence-corrected chi connectivity index (χ0v) is 9.91. The summed E-state index contributed by atoms with van der Waals surface area (Å²) in [7, 11) is 0. The van der Waals surface area contributed by atoms with E-state index in [0.717, 1.165) is 36.2 Å². The lowest BCUT2D eigenvalue weighted by Crippen LogP contribution is -2.24. The summed E-state index contributed by atoms with van der Waals surface area (Å²) in [5, 5.41) is 0. The second-order valence-electron chi connectivity index (χ2n) is 4.80. The van der Waals surface area contributed by atoms with Crippen LogP contribution in [0.25, 0.3) is 11.0 Å². The SMILES string of the molecule is CCn1c(C2(CN)CC2)nc2ccc(F)cc21. The van der Waals surface area contributed by atoms with Crippen molar-refractivity contribution in [3.8, 4) is 0 Å². The maximum absolute atomic E-state index is 13.3. The lowest BCUT2D eigenvalue weighted by molar-refractivity contribution is 0.592. The van der Waals surface area contributed by atoms with Crippen molar-refractivity contribution in [2.45, 2.75) is 31.7 Å². The topological polar surface area (TPSA) is 43.8 Å². The van der Waals surface area contributed by atoms with Crippen LogP contribution in [0.2, 0.25) is 0 Å². The lowest BCUT2D eigenvalue weighted by atomic mass is 10.1. The summed E-state index contributed by atoms with van der Waals surface area (Å²) in [4.78, 5) is 4.65. The van der Waals surface area contributed by atoms with Crippen molar-refractivity contribution in [2.75, 3.05) is 6.54 Å². The molecule has 1 heterocycles. The van der Waals surface area contributed by atoms with Crippen LogP contribution in [0.3, 0.4) is 0 Å². The average Bonchev–Trinajstić information content (AvgIpc) is 3.05. The molecular weight excluding hydrogens is 217 g/mol. The fourth-order valence-electron chi connectivity index (χ4n) is 2.49. The highest BCUT2D eigenvalue weighted by Crippen LogP contribution is 2.47. The van der Waals surface area contributed by atoms with Gasteiger partial charge in [0.15, 0.2) is 0 Å². The number of aryl methyl sites for hydroxylation is 1. The van der Waals surface area contributed by atoms with E-state index in [1.165, 1.54) is 6.07 Å². The van der Waals surface area contributed by atoms with E-state index in [1.54, 1.807) is 12.1 Å². The Bertz CT molecular complexity index is 569. The van der Waals surface area contributed by atoms with E-state index in [9.17, 15) is 4.39 Å². The third-order valence-electron chi connectivity index (χ3n) is 3.75. The number of hydrogen-bond acceptors (Lipinski definition) is 2. The molecule has 1 aliphatic carbocycles. The van der Waals surface area contributed by atoms with E-state index in [4.69, 9.17) is 5.73 Å². The number of halogens is 1. The molecule has 1 saturated carbocycles. The molecule has 3 nitrogen and oxygen atoms in total. The highest BCUT2D eigenvalue weighted by molar-refractivity contribution is 5.76. The normalized spacial score (nSPS) is 17.6. The maximum atomic E-state index is 13.3. The molecule has 0 spiro atoms. The fourth-order valence-corrected chi connectivity index (χ4v) is 2.49. The Balaban J connectivity index is 2.25. The Morgan fingerprint density at radius 2 is 2.24 bits per heavy atom. The van der Waals surface area contributed by atoms with Gasteiger partial charge >= 0.3 is 0 Å². The van der Waals surface area contributed by atoms with Gasteiger partial charge in [0.1, 0.15) is 11.6 Å². The molecule has 0 atom stereocenters. The standard InChI is InChI=1S/C13H16FN3/c1-2-17-11-7-9(14)3-4-10(11)16-12(17)13(8-15)5-6-13/h3-4,7H,2,5-6,8,15H2,1H3.